The quantitative estimate of drug-likeness (QED) is 0.511. The highest BCUT2D eigenvalue weighted by atomic mass is 16.7. The lowest BCUT2D eigenvalue weighted by Crippen LogP contribution is -2.46. The molecule has 4 rings (SSSR count). The monoisotopic (exact) mass is 439 g/mol. The Balaban J connectivity index is 1.44. The third kappa shape index (κ3) is 4.29. The number of imidazole rings is 1. The summed E-state index contributed by atoms with van der Waals surface area (Å²) in [5.41, 5.74) is 0.202. The molecule has 2 amide bonds. The molecule has 2 N–H and O–H groups in total. The number of hydrogen-bond donors (Lipinski definition) is 2. The van der Waals surface area contributed by atoms with Crippen LogP contribution in [0.2, 0.25) is 0 Å². The van der Waals surface area contributed by atoms with Crippen molar-refractivity contribution in [3.63, 3.8) is 0 Å². The molecule has 1 aliphatic rings. The number of amides is 2. The minimum Gasteiger partial charge on any atom is -0.454 e. The predicted octanol–water partition coefficient (Wildman–Crippen LogP) is 1.27. The summed E-state index contributed by atoms with van der Waals surface area (Å²) in [6.07, 6.45) is 7.50. The molecular formula is C22H25N5O5. The minimum absolute atomic E-state index is 0.0297. The van der Waals surface area contributed by atoms with Gasteiger partial charge in [0.15, 0.2) is 11.5 Å². The summed E-state index contributed by atoms with van der Waals surface area (Å²) in [6.45, 7) is 5.32. The number of aryl methyl sites for hydroxylation is 2. The second-order valence-electron chi connectivity index (χ2n) is 7.52. The van der Waals surface area contributed by atoms with Gasteiger partial charge in [0.2, 0.25) is 18.1 Å². The van der Waals surface area contributed by atoms with Crippen molar-refractivity contribution in [1.82, 2.24) is 24.8 Å². The lowest BCUT2D eigenvalue weighted by molar-refractivity contribution is -0.122. The molecule has 3 aromatic rings. The molecule has 168 valence electrons. The van der Waals surface area contributed by atoms with Crippen LogP contribution in [0.1, 0.15) is 30.6 Å². The smallest absolute Gasteiger partial charge is 0.257 e. The van der Waals surface area contributed by atoms with E-state index >= 15 is 0 Å². The van der Waals surface area contributed by atoms with Gasteiger partial charge < -0.3 is 29.2 Å². The van der Waals surface area contributed by atoms with Crippen LogP contribution in [0.25, 0.3) is 10.9 Å². The Labute approximate surface area is 184 Å². The molecule has 32 heavy (non-hydrogen) atoms. The number of ether oxygens (including phenoxy) is 2. The SMILES string of the molecule is CCn1cc(C(=O)N[C@@H](C)C(=O)NCCCn2ccnc2)c(=O)c2cc3c(cc21)OCO3. The zero-order chi connectivity index (χ0) is 22.7. The van der Waals surface area contributed by atoms with Gasteiger partial charge in [-0.15, -0.1) is 0 Å². The van der Waals surface area contributed by atoms with E-state index in [4.69, 9.17) is 9.47 Å². The first-order valence-corrected chi connectivity index (χ1v) is 10.5. The Bertz CT molecular complexity index is 1200. The molecular weight excluding hydrogens is 414 g/mol. The Morgan fingerprint density at radius 3 is 2.75 bits per heavy atom. The summed E-state index contributed by atoms with van der Waals surface area (Å²) in [5.74, 6) is 0.120. The van der Waals surface area contributed by atoms with E-state index in [1.54, 1.807) is 36.1 Å². The van der Waals surface area contributed by atoms with E-state index in [0.29, 0.717) is 35.5 Å². The number of hydrogen-bond acceptors (Lipinski definition) is 6. The number of pyridine rings is 1. The van der Waals surface area contributed by atoms with E-state index in [0.717, 1.165) is 13.0 Å². The number of carbonyl (C=O) groups is 2. The first-order chi connectivity index (χ1) is 15.5. The third-order valence-corrected chi connectivity index (χ3v) is 5.35. The average molecular weight is 439 g/mol. The molecule has 10 heteroatoms. The van der Waals surface area contributed by atoms with Crippen molar-refractivity contribution in [2.45, 2.75) is 39.4 Å². The topological polar surface area (TPSA) is 116 Å². The molecule has 0 fully saturated rings. The number of carbonyl (C=O) groups excluding carboxylic acids is 2. The second-order valence-corrected chi connectivity index (χ2v) is 7.52. The van der Waals surface area contributed by atoms with Crippen molar-refractivity contribution in [3.05, 3.63) is 52.8 Å². The van der Waals surface area contributed by atoms with Crippen molar-refractivity contribution >= 4 is 22.7 Å². The van der Waals surface area contributed by atoms with Gasteiger partial charge in [0, 0.05) is 44.3 Å². The third-order valence-electron chi connectivity index (χ3n) is 5.35. The van der Waals surface area contributed by atoms with E-state index in [2.05, 4.69) is 15.6 Å². The van der Waals surface area contributed by atoms with Crippen LogP contribution in [0.4, 0.5) is 0 Å². The molecule has 3 heterocycles. The van der Waals surface area contributed by atoms with Crippen LogP contribution in [0.5, 0.6) is 11.5 Å². The van der Waals surface area contributed by atoms with E-state index < -0.39 is 17.4 Å². The van der Waals surface area contributed by atoms with Crippen molar-refractivity contribution in [3.8, 4) is 11.5 Å². The Morgan fingerprint density at radius 2 is 2.03 bits per heavy atom. The van der Waals surface area contributed by atoms with E-state index in [1.807, 2.05) is 17.7 Å². The molecule has 1 atom stereocenters. The fourth-order valence-corrected chi connectivity index (χ4v) is 3.59. The van der Waals surface area contributed by atoms with E-state index in [1.165, 1.54) is 6.20 Å². The van der Waals surface area contributed by atoms with Crippen LogP contribution in [0.15, 0.2) is 41.8 Å². The Morgan fingerprint density at radius 1 is 1.25 bits per heavy atom. The van der Waals surface area contributed by atoms with E-state index in [9.17, 15) is 14.4 Å². The van der Waals surface area contributed by atoms with Crippen molar-refractivity contribution < 1.29 is 19.1 Å². The maximum Gasteiger partial charge on any atom is 0.257 e. The zero-order valence-corrected chi connectivity index (χ0v) is 18.0. The number of nitrogens with one attached hydrogen (secondary N) is 2. The molecule has 0 spiro atoms. The molecule has 0 unspecified atom stereocenters. The average Bonchev–Trinajstić information content (AvgIpc) is 3.47. The Hall–Kier alpha value is -3.82. The van der Waals surface area contributed by atoms with Gasteiger partial charge in [-0.1, -0.05) is 0 Å². The van der Waals surface area contributed by atoms with Crippen molar-refractivity contribution in [2.24, 2.45) is 0 Å². The summed E-state index contributed by atoms with van der Waals surface area (Å²) in [5, 5.41) is 5.78. The fourth-order valence-electron chi connectivity index (χ4n) is 3.59. The van der Waals surface area contributed by atoms with Gasteiger partial charge in [0.1, 0.15) is 11.6 Å². The maximum atomic E-state index is 13.0. The first-order valence-electron chi connectivity index (χ1n) is 10.5. The van der Waals surface area contributed by atoms with Crippen LogP contribution in [0.3, 0.4) is 0 Å². The molecule has 0 aliphatic carbocycles. The minimum atomic E-state index is -0.794. The molecule has 1 aromatic carbocycles. The number of nitrogens with zero attached hydrogens (tertiary/aromatic N) is 3. The number of fused-ring (bicyclic) bond motifs is 2. The molecule has 1 aliphatic heterocycles. The van der Waals surface area contributed by atoms with Crippen LogP contribution >= 0.6 is 0 Å². The Kier molecular flexibility index (Phi) is 6.11. The van der Waals surface area contributed by atoms with Gasteiger partial charge >= 0.3 is 0 Å². The highest BCUT2D eigenvalue weighted by Gasteiger charge is 2.22. The lowest BCUT2D eigenvalue weighted by Gasteiger charge is -2.16. The maximum absolute atomic E-state index is 13.0. The standard InChI is InChI=1S/C22H25N5O5/c1-3-27-11-16(20(28)15-9-18-19(10-17(15)27)32-13-31-18)22(30)25-14(2)21(29)24-5-4-7-26-8-6-23-12-26/h6,8-12,14H,3-5,7,13H2,1-2H3,(H,24,29)(H,25,30)/t14-/m0/s1. The highest BCUT2D eigenvalue weighted by molar-refractivity contribution is 6.00. The molecule has 2 aromatic heterocycles. The van der Waals surface area contributed by atoms with Gasteiger partial charge in [-0.2, -0.15) is 0 Å². The van der Waals surface area contributed by atoms with Gasteiger partial charge in [-0.3, -0.25) is 14.4 Å². The fraction of sp³-hybridized carbons (Fsp3) is 0.364. The second kappa shape index (κ2) is 9.13. The van der Waals surface area contributed by atoms with Crippen LogP contribution in [-0.2, 0) is 17.9 Å². The van der Waals surface area contributed by atoms with E-state index in [-0.39, 0.29) is 18.3 Å². The molecule has 0 radical (unpaired) electrons. The van der Waals surface area contributed by atoms with Crippen LogP contribution in [-0.4, -0.2) is 45.3 Å². The largest absolute Gasteiger partial charge is 0.454 e. The van der Waals surface area contributed by atoms with Gasteiger partial charge in [-0.05, 0) is 26.3 Å². The predicted molar refractivity (Wildman–Crippen MR) is 117 cm³/mol. The van der Waals surface area contributed by atoms with Crippen molar-refractivity contribution in [2.75, 3.05) is 13.3 Å². The lowest BCUT2D eigenvalue weighted by atomic mass is 10.1. The molecule has 0 saturated carbocycles. The van der Waals surface area contributed by atoms with Crippen molar-refractivity contribution in [1.29, 1.82) is 0 Å². The highest BCUT2D eigenvalue weighted by Crippen LogP contribution is 2.35. The van der Waals surface area contributed by atoms with Crippen LogP contribution < -0.4 is 25.5 Å². The number of benzene rings is 1. The molecule has 0 bridgehead atoms. The first kappa shape index (κ1) is 21.4. The van der Waals surface area contributed by atoms with Gasteiger partial charge in [-0.25, -0.2) is 4.98 Å². The number of rotatable bonds is 8. The molecule has 0 saturated heterocycles. The van der Waals surface area contributed by atoms with Crippen LogP contribution in [0, 0.1) is 0 Å². The van der Waals surface area contributed by atoms with Gasteiger partial charge in [0.25, 0.3) is 5.91 Å². The molecule has 10 nitrogen and oxygen atoms in total. The number of aromatic nitrogens is 3. The summed E-state index contributed by atoms with van der Waals surface area (Å²) in [4.78, 5) is 42.2. The summed E-state index contributed by atoms with van der Waals surface area (Å²) >= 11 is 0. The summed E-state index contributed by atoms with van der Waals surface area (Å²) < 4.78 is 14.5. The summed E-state index contributed by atoms with van der Waals surface area (Å²) in [6, 6.07) is 2.54. The zero-order valence-electron chi connectivity index (χ0n) is 18.0. The normalized spacial score (nSPS) is 13.2. The summed E-state index contributed by atoms with van der Waals surface area (Å²) in [7, 11) is 0. The van der Waals surface area contributed by atoms with Gasteiger partial charge in [0.05, 0.1) is 17.2 Å².